The Morgan fingerprint density at radius 3 is 2.55 bits per heavy atom. The van der Waals surface area contributed by atoms with Gasteiger partial charge in [0.1, 0.15) is 0 Å². The Balaban J connectivity index is 2.25. The van der Waals surface area contributed by atoms with Crippen LogP contribution in [-0.4, -0.2) is 45.6 Å². The van der Waals surface area contributed by atoms with Crippen molar-refractivity contribution in [3.63, 3.8) is 0 Å². The van der Waals surface area contributed by atoms with Crippen LogP contribution in [0.25, 0.3) is 0 Å². The van der Waals surface area contributed by atoms with Crippen LogP contribution >= 0.6 is 0 Å². The molecule has 7 heteroatoms. The van der Waals surface area contributed by atoms with E-state index in [2.05, 4.69) is 13.8 Å². The smallest absolute Gasteiger partial charge is 0.339 e. The molecule has 0 N–H and O–H groups in total. The minimum absolute atomic E-state index is 0.103. The fourth-order valence-corrected chi connectivity index (χ4v) is 4.03. The molecule has 4 atom stereocenters. The summed E-state index contributed by atoms with van der Waals surface area (Å²) >= 11 is 0. The summed E-state index contributed by atoms with van der Waals surface area (Å²) in [6, 6.07) is 0. The van der Waals surface area contributed by atoms with Gasteiger partial charge in [-0.1, -0.05) is 13.8 Å². The number of carbonyl (C=O) groups excluding carboxylic acids is 1. The molecule has 1 aliphatic heterocycles. The first kappa shape index (κ1) is 15.7. The molecule has 1 saturated carbocycles. The van der Waals surface area contributed by atoms with Gasteiger partial charge in [0, 0.05) is 6.42 Å². The number of hydrogen-bond donors (Lipinski definition) is 0. The van der Waals surface area contributed by atoms with Crippen molar-refractivity contribution in [3.8, 4) is 0 Å². The molecule has 0 spiro atoms. The summed E-state index contributed by atoms with van der Waals surface area (Å²) in [5.74, 6) is -0.0724. The Bertz CT molecular complexity index is 485. The predicted molar refractivity (Wildman–Crippen MR) is 71.5 cm³/mol. The molecule has 0 bridgehead atoms. The number of epoxide rings is 1. The third kappa shape index (κ3) is 3.32. The minimum atomic E-state index is -3.75. The SMILES string of the molecule is COC(=O)[C@]1(OS(C)(=O)=O)C[C@H](CC(C)C)[C@@H]2O[C@@H]2C1. The highest BCUT2D eigenvalue weighted by molar-refractivity contribution is 7.86. The van der Waals surface area contributed by atoms with Gasteiger partial charge in [0.2, 0.25) is 0 Å². The Hall–Kier alpha value is -0.660. The van der Waals surface area contributed by atoms with E-state index in [0.29, 0.717) is 12.3 Å². The van der Waals surface area contributed by atoms with Crippen LogP contribution in [0.1, 0.15) is 33.1 Å². The molecule has 1 heterocycles. The van der Waals surface area contributed by atoms with E-state index in [-0.39, 0.29) is 24.5 Å². The first-order valence-electron chi connectivity index (χ1n) is 6.81. The first-order valence-corrected chi connectivity index (χ1v) is 8.63. The predicted octanol–water partition coefficient (Wildman–Crippen LogP) is 1.10. The van der Waals surface area contributed by atoms with E-state index in [1.807, 2.05) is 0 Å². The number of hydrogen-bond acceptors (Lipinski definition) is 6. The number of methoxy groups -OCH3 is 1. The molecule has 0 unspecified atom stereocenters. The maximum Gasteiger partial charge on any atom is 0.339 e. The standard InChI is InChI=1S/C13H22O6S/c1-8(2)5-9-6-13(12(14)17-3,19-20(4,15)16)7-10-11(9)18-10/h8-11H,5-7H2,1-4H3/t9-,10+,11-,13-/m0/s1. The molecular formula is C13H22O6S. The second-order valence-corrected chi connectivity index (χ2v) is 7.79. The highest BCUT2D eigenvalue weighted by Gasteiger charge is 2.61. The van der Waals surface area contributed by atoms with Gasteiger partial charge in [-0.3, -0.25) is 4.18 Å². The average molecular weight is 306 g/mol. The monoisotopic (exact) mass is 306 g/mol. The number of fused-ring (bicyclic) bond motifs is 1. The zero-order chi connectivity index (χ0) is 15.1. The molecule has 2 aliphatic rings. The fourth-order valence-electron chi connectivity index (χ4n) is 3.25. The summed E-state index contributed by atoms with van der Waals surface area (Å²) in [7, 11) is -2.51. The van der Waals surface area contributed by atoms with Gasteiger partial charge in [0.15, 0.2) is 5.60 Å². The van der Waals surface area contributed by atoms with Gasteiger partial charge in [-0.05, 0) is 24.7 Å². The zero-order valence-electron chi connectivity index (χ0n) is 12.3. The Morgan fingerprint density at radius 2 is 2.05 bits per heavy atom. The quantitative estimate of drug-likeness (QED) is 0.430. The lowest BCUT2D eigenvalue weighted by molar-refractivity contribution is -0.162. The number of rotatable bonds is 5. The molecule has 116 valence electrons. The van der Waals surface area contributed by atoms with Gasteiger partial charge >= 0.3 is 5.97 Å². The highest BCUT2D eigenvalue weighted by Crippen LogP contribution is 2.49. The molecule has 2 fully saturated rings. The molecular weight excluding hydrogens is 284 g/mol. The molecule has 0 amide bonds. The summed E-state index contributed by atoms with van der Waals surface area (Å²) < 4.78 is 38.5. The molecule has 1 aliphatic carbocycles. The molecule has 6 nitrogen and oxygen atoms in total. The average Bonchev–Trinajstić information content (AvgIpc) is 3.03. The van der Waals surface area contributed by atoms with Crippen LogP contribution in [0.4, 0.5) is 0 Å². The second-order valence-electron chi connectivity index (χ2n) is 6.21. The van der Waals surface area contributed by atoms with E-state index in [0.717, 1.165) is 12.7 Å². The van der Waals surface area contributed by atoms with Crippen LogP contribution in [0.3, 0.4) is 0 Å². The van der Waals surface area contributed by atoms with Crippen LogP contribution in [0.15, 0.2) is 0 Å². The van der Waals surface area contributed by atoms with E-state index in [1.165, 1.54) is 7.11 Å². The van der Waals surface area contributed by atoms with E-state index in [9.17, 15) is 13.2 Å². The molecule has 0 aromatic heterocycles. The summed E-state index contributed by atoms with van der Waals surface area (Å²) in [5.41, 5.74) is -1.43. The summed E-state index contributed by atoms with van der Waals surface area (Å²) in [6.07, 6.45) is 2.41. The summed E-state index contributed by atoms with van der Waals surface area (Å²) in [6.45, 7) is 4.17. The van der Waals surface area contributed by atoms with Crippen molar-refractivity contribution in [1.29, 1.82) is 0 Å². The van der Waals surface area contributed by atoms with E-state index in [4.69, 9.17) is 13.7 Å². The van der Waals surface area contributed by atoms with Crippen LogP contribution < -0.4 is 0 Å². The van der Waals surface area contributed by atoms with Gasteiger partial charge < -0.3 is 9.47 Å². The van der Waals surface area contributed by atoms with E-state index in [1.54, 1.807) is 0 Å². The third-order valence-corrected chi connectivity index (χ3v) is 4.47. The van der Waals surface area contributed by atoms with Crippen molar-refractivity contribution < 1.29 is 26.9 Å². The number of carbonyl (C=O) groups is 1. The maximum absolute atomic E-state index is 12.1. The Morgan fingerprint density at radius 1 is 1.40 bits per heavy atom. The van der Waals surface area contributed by atoms with Crippen molar-refractivity contribution in [2.45, 2.75) is 50.9 Å². The van der Waals surface area contributed by atoms with E-state index >= 15 is 0 Å². The number of ether oxygens (including phenoxy) is 2. The lowest BCUT2D eigenvalue weighted by Gasteiger charge is -2.35. The lowest BCUT2D eigenvalue weighted by atomic mass is 9.75. The Kier molecular flexibility index (Phi) is 4.15. The molecule has 1 saturated heterocycles. The molecule has 0 radical (unpaired) electrons. The molecule has 20 heavy (non-hydrogen) atoms. The van der Waals surface area contributed by atoms with Crippen molar-refractivity contribution in [1.82, 2.24) is 0 Å². The lowest BCUT2D eigenvalue weighted by Crippen LogP contribution is -2.50. The zero-order valence-corrected chi connectivity index (χ0v) is 13.1. The minimum Gasteiger partial charge on any atom is -0.467 e. The van der Waals surface area contributed by atoms with Crippen molar-refractivity contribution in [3.05, 3.63) is 0 Å². The third-order valence-electron chi connectivity index (χ3n) is 3.85. The molecule has 0 aromatic rings. The normalized spacial score (nSPS) is 36.5. The highest BCUT2D eigenvalue weighted by atomic mass is 32.2. The van der Waals surface area contributed by atoms with Crippen LogP contribution in [0, 0.1) is 11.8 Å². The summed E-state index contributed by atoms with van der Waals surface area (Å²) in [5, 5.41) is 0. The van der Waals surface area contributed by atoms with Gasteiger partial charge in [0.05, 0.1) is 25.6 Å². The van der Waals surface area contributed by atoms with Gasteiger partial charge in [-0.2, -0.15) is 8.42 Å². The Labute approximate surface area is 119 Å². The largest absolute Gasteiger partial charge is 0.467 e. The van der Waals surface area contributed by atoms with Crippen LogP contribution in [-0.2, 0) is 28.6 Å². The van der Waals surface area contributed by atoms with Crippen molar-refractivity contribution >= 4 is 16.1 Å². The second kappa shape index (κ2) is 5.27. The van der Waals surface area contributed by atoms with Crippen molar-refractivity contribution in [2.24, 2.45) is 11.8 Å². The maximum atomic E-state index is 12.1. The topological polar surface area (TPSA) is 82.2 Å². The van der Waals surface area contributed by atoms with Gasteiger partial charge in [-0.25, -0.2) is 4.79 Å². The van der Waals surface area contributed by atoms with Gasteiger partial charge in [-0.15, -0.1) is 0 Å². The van der Waals surface area contributed by atoms with E-state index < -0.39 is 21.7 Å². The molecule has 0 aromatic carbocycles. The van der Waals surface area contributed by atoms with Crippen molar-refractivity contribution in [2.75, 3.05) is 13.4 Å². The first-order chi connectivity index (χ1) is 9.17. The fraction of sp³-hybridized carbons (Fsp3) is 0.923. The van der Waals surface area contributed by atoms with Crippen LogP contribution in [0.2, 0.25) is 0 Å². The number of esters is 1. The van der Waals surface area contributed by atoms with Crippen LogP contribution in [0.5, 0.6) is 0 Å². The molecule has 2 rings (SSSR count). The van der Waals surface area contributed by atoms with Gasteiger partial charge in [0.25, 0.3) is 10.1 Å². The summed E-state index contributed by atoms with van der Waals surface area (Å²) in [4.78, 5) is 12.1.